The van der Waals surface area contributed by atoms with E-state index in [9.17, 15) is 9.90 Å². The maximum Gasteiger partial charge on any atom is 0.333 e. The molecule has 41 heavy (non-hydrogen) atoms. The molecule has 1 unspecified atom stereocenters. The van der Waals surface area contributed by atoms with Gasteiger partial charge < -0.3 is 14.6 Å². The Bertz CT molecular complexity index is 1300. The second kappa shape index (κ2) is 15.1. The SMILES string of the molecule is C=C(C)C(=O)OCC(CO)CCCOc1ccc(-c2ccc(-c3ccc([Si](C)(C)CCCC)cc3)c(F)c2F)cc1. The van der Waals surface area contributed by atoms with E-state index in [1.165, 1.54) is 24.1 Å². The predicted molar refractivity (Wildman–Crippen MR) is 165 cm³/mol. The van der Waals surface area contributed by atoms with Crippen LogP contribution in [0.1, 0.15) is 39.5 Å². The first-order valence-corrected chi connectivity index (χ1v) is 17.5. The van der Waals surface area contributed by atoms with Crippen LogP contribution in [-0.2, 0) is 9.53 Å². The molecule has 0 aliphatic heterocycles. The van der Waals surface area contributed by atoms with Crippen molar-refractivity contribution in [2.75, 3.05) is 19.8 Å². The summed E-state index contributed by atoms with van der Waals surface area (Å²) in [5.41, 5.74) is 1.98. The van der Waals surface area contributed by atoms with Crippen LogP contribution in [0.2, 0.25) is 19.1 Å². The fraction of sp³-hybridized carbons (Fsp3) is 0.382. The van der Waals surface area contributed by atoms with Gasteiger partial charge in [-0.25, -0.2) is 13.6 Å². The summed E-state index contributed by atoms with van der Waals surface area (Å²) in [4.78, 5) is 11.5. The van der Waals surface area contributed by atoms with Gasteiger partial charge in [-0.1, -0.05) is 99.2 Å². The van der Waals surface area contributed by atoms with Crippen LogP contribution in [0.3, 0.4) is 0 Å². The molecule has 4 nitrogen and oxygen atoms in total. The van der Waals surface area contributed by atoms with Gasteiger partial charge in [0.25, 0.3) is 0 Å². The van der Waals surface area contributed by atoms with Gasteiger partial charge in [0.05, 0.1) is 21.3 Å². The highest BCUT2D eigenvalue weighted by Gasteiger charge is 2.23. The van der Waals surface area contributed by atoms with Crippen LogP contribution in [0.4, 0.5) is 8.78 Å². The smallest absolute Gasteiger partial charge is 0.333 e. The zero-order valence-corrected chi connectivity index (χ0v) is 25.6. The lowest BCUT2D eigenvalue weighted by Gasteiger charge is -2.23. The van der Waals surface area contributed by atoms with Crippen LogP contribution >= 0.6 is 0 Å². The van der Waals surface area contributed by atoms with Gasteiger partial charge in [-0.3, -0.25) is 0 Å². The van der Waals surface area contributed by atoms with E-state index in [2.05, 4.69) is 38.7 Å². The topological polar surface area (TPSA) is 55.8 Å². The van der Waals surface area contributed by atoms with Crippen molar-refractivity contribution in [2.45, 2.75) is 58.7 Å². The molecule has 1 atom stereocenters. The van der Waals surface area contributed by atoms with Gasteiger partial charge in [0.1, 0.15) is 5.75 Å². The monoisotopic (exact) mass is 580 g/mol. The molecule has 0 saturated carbocycles. The highest BCUT2D eigenvalue weighted by molar-refractivity contribution is 6.89. The number of halogens is 2. The molecule has 3 aromatic carbocycles. The summed E-state index contributed by atoms with van der Waals surface area (Å²) in [7, 11) is -1.54. The number of hydrogen-bond donors (Lipinski definition) is 1. The lowest BCUT2D eigenvalue weighted by molar-refractivity contribution is -0.140. The average Bonchev–Trinajstić information content (AvgIpc) is 2.97. The molecule has 0 heterocycles. The number of aliphatic hydroxyl groups excluding tert-OH is 1. The van der Waals surface area contributed by atoms with Gasteiger partial charge in [-0.15, -0.1) is 0 Å². The molecule has 220 valence electrons. The second-order valence-electron chi connectivity index (χ2n) is 11.3. The van der Waals surface area contributed by atoms with Crippen LogP contribution in [0.25, 0.3) is 22.3 Å². The van der Waals surface area contributed by atoms with E-state index >= 15 is 8.78 Å². The van der Waals surface area contributed by atoms with E-state index < -0.39 is 25.7 Å². The van der Waals surface area contributed by atoms with Gasteiger partial charge in [0, 0.05) is 29.2 Å². The fourth-order valence-corrected chi connectivity index (χ4v) is 7.29. The number of rotatable bonds is 15. The van der Waals surface area contributed by atoms with Crippen LogP contribution in [0.15, 0.2) is 72.8 Å². The number of benzene rings is 3. The molecule has 0 aromatic heterocycles. The van der Waals surface area contributed by atoms with Crippen molar-refractivity contribution < 1.29 is 28.2 Å². The van der Waals surface area contributed by atoms with Gasteiger partial charge in [0.2, 0.25) is 0 Å². The summed E-state index contributed by atoms with van der Waals surface area (Å²) in [6.45, 7) is 12.4. The van der Waals surface area contributed by atoms with Gasteiger partial charge in [-0.2, -0.15) is 0 Å². The van der Waals surface area contributed by atoms with E-state index in [1.54, 1.807) is 43.3 Å². The summed E-state index contributed by atoms with van der Waals surface area (Å²) >= 11 is 0. The van der Waals surface area contributed by atoms with Crippen LogP contribution in [0, 0.1) is 17.6 Å². The quantitative estimate of drug-likeness (QED) is 0.0859. The van der Waals surface area contributed by atoms with E-state index in [0.29, 0.717) is 41.9 Å². The minimum absolute atomic E-state index is 0.0941. The van der Waals surface area contributed by atoms with Crippen molar-refractivity contribution in [3.63, 3.8) is 0 Å². The van der Waals surface area contributed by atoms with E-state index in [0.717, 1.165) is 0 Å². The van der Waals surface area contributed by atoms with Gasteiger partial charge in [0.15, 0.2) is 11.6 Å². The zero-order valence-electron chi connectivity index (χ0n) is 24.6. The van der Waals surface area contributed by atoms with Crippen molar-refractivity contribution in [1.29, 1.82) is 0 Å². The fourth-order valence-electron chi connectivity index (χ4n) is 4.70. The molecule has 0 aliphatic carbocycles. The van der Waals surface area contributed by atoms with Crippen molar-refractivity contribution in [2.24, 2.45) is 5.92 Å². The largest absolute Gasteiger partial charge is 0.494 e. The van der Waals surface area contributed by atoms with E-state index in [1.807, 2.05) is 12.1 Å². The first-order chi connectivity index (χ1) is 19.6. The number of unbranched alkanes of at least 4 members (excludes halogenated alkanes) is 1. The molecule has 0 spiro atoms. The molecular formula is C34H42F2O4Si. The number of carbonyl (C=O) groups excluding carboxylic acids is 1. The standard InChI is InChI=1S/C34H42F2O4Si/c1-6-7-21-41(4,5)29-16-12-27(13-17-29)31-19-18-30(32(35)33(31)36)26-10-14-28(15-11-26)39-20-8-9-25(22-37)23-40-34(38)24(2)3/h10-19,25,37H,2,6-9,20-23H2,1,3-5H3. The first kappa shape index (κ1) is 32.2. The summed E-state index contributed by atoms with van der Waals surface area (Å²) in [6, 6.07) is 19.3. The second-order valence-corrected chi connectivity index (χ2v) is 16.1. The molecule has 0 bridgehead atoms. The molecule has 1 N–H and O–H groups in total. The molecule has 0 fully saturated rings. The van der Waals surface area contributed by atoms with Crippen LogP contribution in [0.5, 0.6) is 5.75 Å². The Labute approximate surface area is 244 Å². The molecule has 3 aromatic rings. The lowest BCUT2D eigenvalue weighted by atomic mass is 9.99. The van der Waals surface area contributed by atoms with Crippen molar-refractivity contribution in [3.05, 3.63) is 84.5 Å². The van der Waals surface area contributed by atoms with E-state index in [4.69, 9.17) is 9.47 Å². The number of esters is 1. The minimum atomic E-state index is -1.54. The molecule has 3 rings (SSSR count). The third kappa shape index (κ3) is 8.84. The lowest BCUT2D eigenvalue weighted by Crippen LogP contribution is -2.40. The highest BCUT2D eigenvalue weighted by atomic mass is 28.3. The van der Waals surface area contributed by atoms with Crippen molar-refractivity contribution in [1.82, 2.24) is 0 Å². The maximum atomic E-state index is 15.2. The Kier molecular flexibility index (Phi) is 11.9. The highest BCUT2D eigenvalue weighted by Crippen LogP contribution is 2.32. The molecule has 7 heteroatoms. The van der Waals surface area contributed by atoms with Crippen molar-refractivity contribution in [3.8, 4) is 28.0 Å². The van der Waals surface area contributed by atoms with Crippen molar-refractivity contribution >= 4 is 19.2 Å². The Morgan fingerprint density at radius 2 is 1.49 bits per heavy atom. The van der Waals surface area contributed by atoms with Gasteiger partial charge >= 0.3 is 5.97 Å². The normalized spacial score (nSPS) is 12.2. The molecule has 0 saturated heterocycles. The molecule has 0 aliphatic rings. The summed E-state index contributed by atoms with van der Waals surface area (Å²) in [5, 5.41) is 10.8. The first-order valence-electron chi connectivity index (χ1n) is 14.3. The summed E-state index contributed by atoms with van der Waals surface area (Å²) in [6.07, 6.45) is 3.65. The number of ether oxygens (including phenoxy) is 2. The van der Waals surface area contributed by atoms with E-state index in [-0.39, 0.29) is 30.3 Å². The molecule has 0 radical (unpaired) electrons. The maximum absolute atomic E-state index is 15.2. The minimum Gasteiger partial charge on any atom is -0.494 e. The average molecular weight is 581 g/mol. The zero-order chi connectivity index (χ0) is 30.0. The van der Waals surface area contributed by atoms with Crippen LogP contribution in [-0.4, -0.2) is 39.0 Å². The third-order valence-electron chi connectivity index (χ3n) is 7.46. The Balaban J connectivity index is 1.60. The Morgan fingerprint density at radius 1 is 0.927 bits per heavy atom. The Hall–Kier alpha value is -3.29. The summed E-state index contributed by atoms with van der Waals surface area (Å²) < 4.78 is 41.3. The number of carbonyl (C=O) groups is 1. The Morgan fingerprint density at radius 3 is 2.00 bits per heavy atom. The summed E-state index contributed by atoms with van der Waals surface area (Å²) in [5.74, 6) is -1.78. The molecular weight excluding hydrogens is 538 g/mol. The molecule has 0 amide bonds. The number of aliphatic hydroxyl groups is 1. The predicted octanol–water partition coefficient (Wildman–Crippen LogP) is 7.90. The van der Waals surface area contributed by atoms with Gasteiger partial charge in [-0.05, 0) is 43.0 Å². The third-order valence-corrected chi connectivity index (χ3v) is 11.0. The number of hydrogen-bond acceptors (Lipinski definition) is 4. The van der Waals surface area contributed by atoms with Crippen LogP contribution < -0.4 is 9.92 Å².